The Morgan fingerprint density at radius 3 is 2.83 bits per heavy atom. The molecule has 1 aliphatic heterocycles. The highest BCUT2D eigenvalue weighted by Gasteiger charge is 2.32. The standard InChI is InChI=1S/C14H19NO3/c1-15-8-7-10(14(17)18-2)9-12(15)11-5-3-4-6-13(11)16/h3-6,10,12,16H,7-9H2,1-2H3. The van der Waals surface area contributed by atoms with E-state index in [1.54, 1.807) is 12.1 Å². The van der Waals surface area contributed by atoms with Crippen LogP contribution in [0, 0.1) is 5.92 Å². The molecular weight excluding hydrogens is 230 g/mol. The highest BCUT2D eigenvalue weighted by atomic mass is 16.5. The number of esters is 1. The highest BCUT2D eigenvalue weighted by molar-refractivity contribution is 5.72. The first-order valence-electron chi connectivity index (χ1n) is 6.19. The number of carbonyl (C=O) groups is 1. The Hall–Kier alpha value is -1.55. The van der Waals surface area contributed by atoms with E-state index in [-0.39, 0.29) is 17.9 Å². The second kappa shape index (κ2) is 5.40. The third kappa shape index (κ3) is 2.48. The van der Waals surface area contributed by atoms with E-state index in [2.05, 4.69) is 4.90 Å². The number of ether oxygens (including phenoxy) is 1. The molecule has 4 heteroatoms. The maximum atomic E-state index is 11.6. The van der Waals surface area contributed by atoms with E-state index in [1.165, 1.54) is 7.11 Å². The van der Waals surface area contributed by atoms with Crippen molar-refractivity contribution in [3.8, 4) is 5.75 Å². The van der Waals surface area contributed by atoms with Crippen LogP contribution in [0.25, 0.3) is 0 Å². The van der Waals surface area contributed by atoms with Crippen LogP contribution in [0.15, 0.2) is 24.3 Å². The minimum Gasteiger partial charge on any atom is -0.508 e. The van der Waals surface area contributed by atoms with E-state index >= 15 is 0 Å². The van der Waals surface area contributed by atoms with Crippen molar-refractivity contribution in [1.29, 1.82) is 0 Å². The summed E-state index contributed by atoms with van der Waals surface area (Å²) in [4.78, 5) is 13.8. The van der Waals surface area contributed by atoms with Crippen LogP contribution in [-0.2, 0) is 9.53 Å². The summed E-state index contributed by atoms with van der Waals surface area (Å²) in [5, 5.41) is 9.92. The van der Waals surface area contributed by atoms with Crippen molar-refractivity contribution in [3.63, 3.8) is 0 Å². The van der Waals surface area contributed by atoms with E-state index in [9.17, 15) is 9.90 Å². The van der Waals surface area contributed by atoms with E-state index in [1.807, 2.05) is 19.2 Å². The minimum absolute atomic E-state index is 0.0732. The van der Waals surface area contributed by atoms with Gasteiger partial charge in [0, 0.05) is 11.6 Å². The molecular formula is C14H19NO3. The van der Waals surface area contributed by atoms with Gasteiger partial charge in [-0.3, -0.25) is 9.69 Å². The molecule has 1 aromatic rings. The number of aromatic hydroxyl groups is 1. The van der Waals surface area contributed by atoms with Crippen LogP contribution in [0.5, 0.6) is 5.75 Å². The predicted octanol–water partition coefficient (Wildman–Crippen LogP) is 1.95. The number of phenolic OH excluding ortho intramolecular Hbond substituents is 1. The number of nitrogens with zero attached hydrogens (tertiary/aromatic N) is 1. The van der Waals surface area contributed by atoms with Crippen LogP contribution in [0.3, 0.4) is 0 Å². The molecule has 2 atom stereocenters. The lowest BCUT2D eigenvalue weighted by Crippen LogP contribution is -2.36. The summed E-state index contributed by atoms with van der Waals surface area (Å²) in [6, 6.07) is 7.38. The Bertz CT molecular complexity index is 433. The molecule has 0 radical (unpaired) electrons. The van der Waals surface area contributed by atoms with Gasteiger partial charge in [-0.2, -0.15) is 0 Å². The number of methoxy groups -OCH3 is 1. The molecule has 1 fully saturated rings. The molecule has 1 aliphatic rings. The van der Waals surface area contributed by atoms with Gasteiger partial charge in [-0.1, -0.05) is 18.2 Å². The number of benzene rings is 1. The first-order valence-corrected chi connectivity index (χ1v) is 6.19. The minimum atomic E-state index is -0.150. The monoisotopic (exact) mass is 249 g/mol. The highest BCUT2D eigenvalue weighted by Crippen LogP contribution is 2.37. The van der Waals surface area contributed by atoms with Crippen LogP contribution in [0.2, 0.25) is 0 Å². The average molecular weight is 249 g/mol. The first-order chi connectivity index (χ1) is 8.63. The number of hydrogen-bond acceptors (Lipinski definition) is 4. The zero-order valence-electron chi connectivity index (χ0n) is 10.8. The van der Waals surface area contributed by atoms with Crippen molar-refractivity contribution in [2.24, 2.45) is 5.92 Å². The Labute approximate surface area is 107 Å². The number of likely N-dealkylation sites (tertiary alicyclic amines) is 1. The number of piperidine rings is 1. The number of carbonyl (C=O) groups excluding carboxylic acids is 1. The fraction of sp³-hybridized carbons (Fsp3) is 0.500. The van der Waals surface area contributed by atoms with E-state index < -0.39 is 0 Å². The fourth-order valence-corrected chi connectivity index (χ4v) is 2.60. The number of rotatable bonds is 2. The van der Waals surface area contributed by atoms with Crippen molar-refractivity contribution in [2.75, 3.05) is 20.7 Å². The summed E-state index contributed by atoms with van der Waals surface area (Å²) in [6.07, 6.45) is 1.51. The molecule has 1 N–H and O–H groups in total. The quantitative estimate of drug-likeness (QED) is 0.814. The lowest BCUT2D eigenvalue weighted by molar-refractivity contribution is -0.147. The van der Waals surface area contributed by atoms with Crippen LogP contribution >= 0.6 is 0 Å². The summed E-state index contributed by atoms with van der Waals surface area (Å²) in [6.45, 7) is 0.832. The molecule has 0 amide bonds. The van der Waals surface area contributed by atoms with Gasteiger partial charge in [-0.15, -0.1) is 0 Å². The van der Waals surface area contributed by atoms with Gasteiger partial charge in [0.15, 0.2) is 0 Å². The van der Waals surface area contributed by atoms with Gasteiger partial charge in [0.2, 0.25) is 0 Å². The van der Waals surface area contributed by atoms with E-state index in [0.717, 1.165) is 18.5 Å². The molecule has 0 spiro atoms. The van der Waals surface area contributed by atoms with Gasteiger partial charge in [-0.25, -0.2) is 0 Å². The van der Waals surface area contributed by atoms with Gasteiger partial charge in [0.1, 0.15) is 5.75 Å². The molecule has 2 rings (SSSR count). The molecule has 0 bridgehead atoms. The Kier molecular flexibility index (Phi) is 3.87. The molecule has 1 aromatic carbocycles. The second-order valence-electron chi connectivity index (χ2n) is 4.80. The third-order valence-electron chi connectivity index (χ3n) is 3.70. The molecule has 1 saturated heterocycles. The van der Waals surface area contributed by atoms with Crippen molar-refractivity contribution in [1.82, 2.24) is 4.90 Å². The molecule has 18 heavy (non-hydrogen) atoms. The molecule has 2 unspecified atom stereocenters. The lowest BCUT2D eigenvalue weighted by atomic mass is 9.87. The van der Waals surface area contributed by atoms with Crippen molar-refractivity contribution in [2.45, 2.75) is 18.9 Å². The van der Waals surface area contributed by atoms with Crippen LogP contribution in [0.4, 0.5) is 0 Å². The first kappa shape index (κ1) is 12.9. The summed E-state index contributed by atoms with van der Waals surface area (Å²) in [5.74, 6) is 0.0687. The number of hydrogen-bond donors (Lipinski definition) is 1. The second-order valence-corrected chi connectivity index (χ2v) is 4.80. The predicted molar refractivity (Wildman–Crippen MR) is 68.2 cm³/mol. The Balaban J connectivity index is 2.20. The normalized spacial score (nSPS) is 24.8. The Morgan fingerprint density at radius 1 is 1.44 bits per heavy atom. The van der Waals surface area contributed by atoms with Crippen molar-refractivity contribution < 1.29 is 14.6 Å². The summed E-state index contributed by atoms with van der Waals surface area (Å²) in [7, 11) is 3.44. The van der Waals surface area contributed by atoms with Crippen molar-refractivity contribution >= 4 is 5.97 Å². The molecule has 0 saturated carbocycles. The molecule has 0 aliphatic carbocycles. The van der Waals surface area contributed by atoms with Crippen LogP contribution < -0.4 is 0 Å². The molecule has 4 nitrogen and oxygen atoms in total. The summed E-state index contributed by atoms with van der Waals surface area (Å²) in [5.41, 5.74) is 0.883. The molecule has 1 heterocycles. The average Bonchev–Trinajstić information content (AvgIpc) is 2.39. The van der Waals surface area contributed by atoms with Gasteiger partial charge >= 0.3 is 5.97 Å². The summed E-state index contributed by atoms with van der Waals surface area (Å²) < 4.78 is 4.82. The topological polar surface area (TPSA) is 49.8 Å². The van der Waals surface area contributed by atoms with E-state index in [0.29, 0.717) is 12.2 Å². The van der Waals surface area contributed by atoms with Gasteiger partial charge in [-0.05, 0) is 32.5 Å². The maximum Gasteiger partial charge on any atom is 0.308 e. The van der Waals surface area contributed by atoms with Gasteiger partial charge in [0.05, 0.1) is 13.0 Å². The molecule has 98 valence electrons. The third-order valence-corrected chi connectivity index (χ3v) is 3.70. The maximum absolute atomic E-state index is 11.6. The van der Waals surface area contributed by atoms with Crippen molar-refractivity contribution in [3.05, 3.63) is 29.8 Å². The number of phenols is 1. The van der Waals surface area contributed by atoms with Crippen LogP contribution in [0.1, 0.15) is 24.4 Å². The SMILES string of the molecule is COC(=O)C1CCN(C)C(c2ccccc2O)C1. The summed E-state index contributed by atoms with van der Waals surface area (Å²) >= 11 is 0. The van der Waals surface area contributed by atoms with E-state index in [4.69, 9.17) is 4.74 Å². The van der Waals surface area contributed by atoms with Gasteiger partial charge < -0.3 is 9.84 Å². The molecule has 0 aromatic heterocycles. The largest absolute Gasteiger partial charge is 0.508 e. The fourth-order valence-electron chi connectivity index (χ4n) is 2.60. The smallest absolute Gasteiger partial charge is 0.308 e. The lowest BCUT2D eigenvalue weighted by Gasteiger charge is -2.36. The van der Waals surface area contributed by atoms with Crippen LogP contribution in [-0.4, -0.2) is 36.7 Å². The van der Waals surface area contributed by atoms with Gasteiger partial charge in [0.25, 0.3) is 0 Å². The zero-order chi connectivity index (χ0) is 13.1. The zero-order valence-corrected chi connectivity index (χ0v) is 10.8. The number of para-hydroxylation sites is 1. The Morgan fingerprint density at radius 2 is 2.17 bits per heavy atom.